The third-order valence-electron chi connectivity index (χ3n) is 5.05. The van der Waals surface area contributed by atoms with Crippen LogP contribution in [0.4, 0.5) is 0 Å². The Morgan fingerprint density at radius 2 is 2.05 bits per heavy atom. The lowest BCUT2D eigenvalue weighted by Crippen LogP contribution is -2.47. The molecule has 0 aromatic rings. The smallest absolute Gasteiger partial charge is 0.108 e. The van der Waals surface area contributed by atoms with Gasteiger partial charge in [0.25, 0.3) is 0 Å². The molecule has 0 spiro atoms. The summed E-state index contributed by atoms with van der Waals surface area (Å²) in [6, 6.07) is 4.17. The molecule has 4 nitrogen and oxygen atoms in total. The fraction of sp³-hybridized carbons (Fsp3) is 0.938. The molecule has 1 heterocycles. The zero-order chi connectivity index (χ0) is 14.9. The molecule has 2 rings (SSSR count). The van der Waals surface area contributed by atoms with Crippen molar-refractivity contribution in [1.29, 1.82) is 5.26 Å². The molecule has 1 N–H and O–H groups in total. The largest absolute Gasteiger partial charge is 0.305 e. The van der Waals surface area contributed by atoms with Gasteiger partial charge in [-0.25, -0.2) is 0 Å². The van der Waals surface area contributed by atoms with Gasteiger partial charge in [0.2, 0.25) is 0 Å². The summed E-state index contributed by atoms with van der Waals surface area (Å²) in [6.07, 6.45) is 3.12. The Bertz CT molecular complexity index is 373. The summed E-state index contributed by atoms with van der Waals surface area (Å²) in [5.41, 5.74) is -0.293. The number of nitrogens with zero attached hydrogens (tertiary/aromatic N) is 3. The van der Waals surface area contributed by atoms with Crippen LogP contribution in [0.3, 0.4) is 0 Å². The zero-order valence-electron chi connectivity index (χ0n) is 13.7. The molecule has 2 fully saturated rings. The molecule has 0 radical (unpaired) electrons. The summed E-state index contributed by atoms with van der Waals surface area (Å²) < 4.78 is 0. The number of likely N-dealkylation sites (N-methyl/N-ethyl adjacent to an activating group) is 1. The van der Waals surface area contributed by atoms with Crippen molar-refractivity contribution in [1.82, 2.24) is 15.1 Å². The second kappa shape index (κ2) is 6.01. The average Bonchev–Trinajstić information content (AvgIpc) is 2.93. The van der Waals surface area contributed by atoms with E-state index in [1.807, 2.05) is 0 Å². The summed E-state index contributed by atoms with van der Waals surface area (Å²) in [5.74, 6) is 0.722. The highest BCUT2D eigenvalue weighted by atomic mass is 15.3. The van der Waals surface area contributed by atoms with E-state index in [0.29, 0.717) is 18.1 Å². The third kappa shape index (κ3) is 3.16. The van der Waals surface area contributed by atoms with Crippen LogP contribution in [-0.4, -0.2) is 60.6 Å². The Morgan fingerprint density at radius 1 is 1.35 bits per heavy atom. The number of hydrogen-bond acceptors (Lipinski definition) is 4. The van der Waals surface area contributed by atoms with Gasteiger partial charge in [-0.3, -0.25) is 10.2 Å². The van der Waals surface area contributed by atoms with Gasteiger partial charge in [-0.15, -0.1) is 0 Å². The van der Waals surface area contributed by atoms with Crippen molar-refractivity contribution >= 4 is 0 Å². The Morgan fingerprint density at radius 3 is 2.55 bits per heavy atom. The average molecular weight is 278 g/mol. The molecule has 1 aliphatic heterocycles. The number of rotatable bonds is 4. The van der Waals surface area contributed by atoms with Crippen molar-refractivity contribution in [3.8, 4) is 6.07 Å². The first-order chi connectivity index (χ1) is 9.37. The van der Waals surface area contributed by atoms with Crippen LogP contribution >= 0.6 is 0 Å². The molecule has 1 saturated carbocycles. The summed E-state index contributed by atoms with van der Waals surface area (Å²) in [7, 11) is 4.36. The van der Waals surface area contributed by atoms with Crippen LogP contribution in [0.5, 0.6) is 0 Å². The first-order valence-corrected chi connectivity index (χ1v) is 7.96. The van der Waals surface area contributed by atoms with E-state index in [-0.39, 0.29) is 5.54 Å². The van der Waals surface area contributed by atoms with E-state index in [4.69, 9.17) is 0 Å². The van der Waals surface area contributed by atoms with Crippen molar-refractivity contribution in [2.45, 2.75) is 63.7 Å². The van der Waals surface area contributed by atoms with Gasteiger partial charge in [-0.2, -0.15) is 5.26 Å². The maximum Gasteiger partial charge on any atom is 0.108 e. The maximum atomic E-state index is 9.58. The van der Waals surface area contributed by atoms with Crippen molar-refractivity contribution < 1.29 is 0 Å². The molecular formula is C16H30N4. The number of nitriles is 1. The second-order valence-corrected chi connectivity index (χ2v) is 7.35. The maximum absolute atomic E-state index is 9.58. The normalized spacial score (nSPS) is 38.8. The van der Waals surface area contributed by atoms with Gasteiger partial charge in [0.05, 0.1) is 6.07 Å². The Balaban J connectivity index is 1.98. The van der Waals surface area contributed by atoms with Gasteiger partial charge in [0.1, 0.15) is 5.54 Å². The van der Waals surface area contributed by atoms with Crippen LogP contribution in [0.2, 0.25) is 0 Å². The molecule has 0 bridgehead atoms. The Kier molecular flexibility index (Phi) is 4.73. The molecule has 114 valence electrons. The van der Waals surface area contributed by atoms with E-state index in [2.05, 4.69) is 56.1 Å². The zero-order valence-corrected chi connectivity index (χ0v) is 13.7. The molecular weight excluding hydrogens is 248 g/mol. The van der Waals surface area contributed by atoms with Gasteiger partial charge in [-0.1, -0.05) is 6.92 Å². The van der Waals surface area contributed by atoms with E-state index >= 15 is 0 Å². The summed E-state index contributed by atoms with van der Waals surface area (Å²) in [5, 5.41) is 13.1. The lowest BCUT2D eigenvalue weighted by molar-refractivity contribution is 0.210. The van der Waals surface area contributed by atoms with Crippen LogP contribution in [0.1, 0.15) is 40.0 Å². The van der Waals surface area contributed by atoms with Crippen molar-refractivity contribution in [2.24, 2.45) is 5.92 Å². The van der Waals surface area contributed by atoms with Crippen molar-refractivity contribution in [2.75, 3.05) is 27.2 Å². The minimum Gasteiger partial charge on any atom is -0.305 e. The van der Waals surface area contributed by atoms with Gasteiger partial charge < -0.3 is 4.90 Å². The third-order valence-corrected chi connectivity index (χ3v) is 5.05. The van der Waals surface area contributed by atoms with Crippen LogP contribution in [-0.2, 0) is 0 Å². The van der Waals surface area contributed by atoms with Crippen molar-refractivity contribution in [3.05, 3.63) is 0 Å². The van der Waals surface area contributed by atoms with Gasteiger partial charge >= 0.3 is 0 Å². The van der Waals surface area contributed by atoms with E-state index in [1.54, 1.807) is 0 Å². The van der Waals surface area contributed by atoms with Crippen LogP contribution < -0.4 is 5.32 Å². The fourth-order valence-electron chi connectivity index (χ4n) is 4.11. The fourth-order valence-corrected chi connectivity index (χ4v) is 4.11. The molecule has 0 aromatic carbocycles. The predicted molar refractivity (Wildman–Crippen MR) is 82.5 cm³/mol. The standard InChI is InChI=1S/C16H30N4/c1-12(2)18-16(11-17)7-6-14(8-16)20-9-13(3)15(10-20)19(4)5/h12-15,18H,6-10H2,1-5H3. The van der Waals surface area contributed by atoms with E-state index in [9.17, 15) is 5.26 Å². The highest BCUT2D eigenvalue weighted by Gasteiger charge is 2.44. The lowest BCUT2D eigenvalue weighted by Gasteiger charge is -2.29. The quantitative estimate of drug-likeness (QED) is 0.849. The topological polar surface area (TPSA) is 42.3 Å². The molecule has 4 unspecified atom stereocenters. The Labute approximate surface area is 124 Å². The van der Waals surface area contributed by atoms with Gasteiger partial charge in [-0.05, 0) is 53.1 Å². The summed E-state index contributed by atoms with van der Waals surface area (Å²) in [6.45, 7) is 8.95. The van der Waals surface area contributed by atoms with Gasteiger partial charge in [0, 0.05) is 31.2 Å². The molecule has 4 atom stereocenters. The van der Waals surface area contributed by atoms with Crippen molar-refractivity contribution in [3.63, 3.8) is 0 Å². The first kappa shape index (κ1) is 15.8. The minimum absolute atomic E-state index is 0.293. The number of likely N-dealkylation sites (tertiary alicyclic amines) is 1. The highest BCUT2D eigenvalue weighted by molar-refractivity contribution is 5.14. The van der Waals surface area contributed by atoms with Crippen LogP contribution in [0.25, 0.3) is 0 Å². The SMILES string of the molecule is CC(C)NC1(C#N)CCC(N2CC(C)C(N(C)C)C2)C1. The second-order valence-electron chi connectivity index (χ2n) is 7.35. The lowest BCUT2D eigenvalue weighted by atomic mass is 9.98. The van der Waals surface area contributed by atoms with E-state index in [1.165, 1.54) is 6.54 Å². The molecule has 0 amide bonds. The number of hydrogen-bond donors (Lipinski definition) is 1. The monoisotopic (exact) mass is 278 g/mol. The van der Waals surface area contributed by atoms with Crippen LogP contribution in [0, 0.1) is 17.2 Å². The highest BCUT2D eigenvalue weighted by Crippen LogP contribution is 2.36. The molecule has 2 aliphatic rings. The molecule has 20 heavy (non-hydrogen) atoms. The number of nitrogens with one attached hydrogen (secondary N) is 1. The molecule has 1 aliphatic carbocycles. The van der Waals surface area contributed by atoms with Crippen LogP contribution in [0.15, 0.2) is 0 Å². The van der Waals surface area contributed by atoms with Gasteiger partial charge in [0.15, 0.2) is 0 Å². The summed E-state index contributed by atoms with van der Waals surface area (Å²) in [4.78, 5) is 4.97. The molecule has 4 heteroatoms. The first-order valence-electron chi connectivity index (χ1n) is 7.96. The predicted octanol–water partition coefficient (Wildman–Crippen LogP) is 1.68. The summed E-state index contributed by atoms with van der Waals surface area (Å²) >= 11 is 0. The minimum atomic E-state index is -0.293. The molecule has 1 saturated heterocycles. The van der Waals surface area contributed by atoms with E-state index < -0.39 is 0 Å². The molecule has 0 aromatic heterocycles. The van der Waals surface area contributed by atoms with E-state index in [0.717, 1.165) is 31.7 Å². The Hall–Kier alpha value is -0.630.